The van der Waals surface area contributed by atoms with E-state index in [2.05, 4.69) is 16.0 Å². The number of nitrogens with one attached hydrogen (secondary N) is 3. The van der Waals surface area contributed by atoms with Gasteiger partial charge in [0.15, 0.2) is 0 Å². The normalized spacial score (nSPS) is 12.6. The highest BCUT2D eigenvalue weighted by Crippen LogP contribution is 2.27. The fourth-order valence-electron chi connectivity index (χ4n) is 3.58. The molecule has 3 amide bonds. The molecule has 0 radical (unpaired) electrons. The molecule has 0 spiro atoms. The van der Waals surface area contributed by atoms with Crippen LogP contribution in [0.1, 0.15) is 45.2 Å². The van der Waals surface area contributed by atoms with Crippen molar-refractivity contribution in [1.29, 1.82) is 0 Å². The SMILES string of the molecule is O=C(Nc1ccccc1)Nc1ccc(C(=O)NCCCc2nc3c(s2)CCCC3)cc1. The third kappa shape index (κ3) is 5.92. The number of aromatic nitrogens is 1. The molecule has 2 aromatic carbocycles. The summed E-state index contributed by atoms with van der Waals surface area (Å²) >= 11 is 1.83. The van der Waals surface area contributed by atoms with E-state index in [-0.39, 0.29) is 11.9 Å². The Bertz CT molecular complexity index is 1010. The standard InChI is InChI=1S/C24H26N4O2S/c29-23(25-16-6-11-22-28-20-9-4-5-10-21(20)31-22)17-12-14-19(15-13-17)27-24(30)26-18-7-2-1-3-8-18/h1-3,7-8,12-15H,4-6,9-11,16H2,(H,25,29)(H2,26,27,30). The van der Waals surface area contributed by atoms with Crippen molar-refractivity contribution in [1.82, 2.24) is 10.3 Å². The van der Waals surface area contributed by atoms with Crippen LogP contribution in [0.15, 0.2) is 54.6 Å². The monoisotopic (exact) mass is 434 g/mol. The molecule has 0 bridgehead atoms. The Kier molecular flexibility index (Phi) is 6.94. The molecule has 7 heteroatoms. The maximum absolute atomic E-state index is 12.4. The molecule has 0 aliphatic heterocycles. The Morgan fingerprint density at radius 1 is 0.903 bits per heavy atom. The lowest BCUT2D eigenvalue weighted by Crippen LogP contribution is -2.25. The number of para-hydroxylation sites is 1. The Morgan fingerprint density at radius 2 is 1.61 bits per heavy atom. The number of anilines is 2. The molecule has 3 N–H and O–H groups in total. The fourth-order valence-corrected chi connectivity index (χ4v) is 4.77. The summed E-state index contributed by atoms with van der Waals surface area (Å²) in [6.45, 7) is 0.614. The van der Waals surface area contributed by atoms with Crippen molar-refractivity contribution in [3.05, 3.63) is 75.7 Å². The van der Waals surface area contributed by atoms with Crippen LogP contribution in [0.5, 0.6) is 0 Å². The summed E-state index contributed by atoms with van der Waals surface area (Å²) in [4.78, 5) is 30.6. The van der Waals surface area contributed by atoms with Gasteiger partial charge in [-0.1, -0.05) is 18.2 Å². The number of rotatable bonds is 7. The van der Waals surface area contributed by atoms with Gasteiger partial charge in [-0.3, -0.25) is 4.79 Å². The summed E-state index contributed by atoms with van der Waals surface area (Å²) in [6, 6.07) is 15.8. The number of benzene rings is 2. The largest absolute Gasteiger partial charge is 0.352 e. The van der Waals surface area contributed by atoms with Gasteiger partial charge in [-0.25, -0.2) is 9.78 Å². The van der Waals surface area contributed by atoms with Gasteiger partial charge >= 0.3 is 6.03 Å². The molecular formula is C24H26N4O2S. The van der Waals surface area contributed by atoms with Crippen LogP contribution in [0.25, 0.3) is 0 Å². The quantitative estimate of drug-likeness (QED) is 0.456. The van der Waals surface area contributed by atoms with Crippen LogP contribution in [0.4, 0.5) is 16.2 Å². The fraction of sp³-hybridized carbons (Fsp3) is 0.292. The van der Waals surface area contributed by atoms with Crippen molar-refractivity contribution in [3.63, 3.8) is 0 Å². The molecule has 0 saturated carbocycles. The Morgan fingerprint density at radius 3 is 2.35 bits per heavy atom. The predicted octanol–water partition coefficient (Wildman–Crippen LogP) is 5.03. The molecule has 3 aromatic rings. The van der Waals surface area contributed by atoms with Crippen molar-refractivity contribution in [3.8, 4) is 0 Å². The van der Waals surface area contributed by atoms with Crippen molar-refractivity contribution < 1.29 is 9.59 Å². The average Bonchev–Trinajstić information content (AvgIpc) is 3.20. The first kappa shape index (κ1) is 21.1. The summed E-state index contributed by atoms with van der Waals surface area (Å²) in [7, 11) is 0. The first-order chi connectivity index (χ1) is 15.2. The van der Waals surface area contributed by atoms with Crippen molar-refractivity contribution in [2.45, 2.75) is 38.5 Å². The van der Waals surface area contributed by atoms with E-state index in [1.165, 1.54) is 34.8 Å². The van der Waals surface area contributed by atoms with Gasteiger partial charge in [0, 0.05) is 34.8 Å². The highest BCUT2D eigenvalue weighted by Gasteiger charge is 2.15. The molecule has 1 aliphatic carbocycles. The number of carbonyl (C=O) groups is 2. The lowest BCUT2D eigenvalue weighted by atomic mass is 10.0. The van der Waals surface area contributed by atoms with Gasteiger partial charge in [0.25, 0.3) is 5.91 Å². The van der Waals surface area contributed by atoms with E-state index < -0.39 is 0 Å². The topological polar surface area (TPSA) is 83.1 Å². The number of hydrogen-bond acceptors (Lipinski definition) is 4. The number of carbonyl (C=O) groups excluding carboxylic acids is 2. The molecule has 1 aromatic heterocycles. The summed E-state index contributed by atoms with van der Waals surface area (Å²) < 4.78 is 0. The van der Waals surface area contributed by atoms with E-state index >= 15 is 0 Å². The van der Waals surface area contributed by atoms with Crippen LogP contribution in [0.2, 0.25) is 0 Å². The average molecular weight is 435 g/mol. The third-order valence-electron chi connectivity index (χ3n) is 5.18. The molecule has 6 nitrogen and oxygen atoms in total. The van der Waals surface area contributed by atoms with Crippen LogP contribution < -0.4 is 16.0 Å². The van der Waals surface area contributed by atoms with Crippen molar-refractivity contribution >= 4 is 34.6 Å². The second-order valence-corrected chi connectivity index (χ2v) is 8.73. The van der Waals surface area contributed by atoms with Crippen molar-refractivity contribution in [2.24, 2.45) is 0 Å². The lowest BCUT2D eigenvalue weighted by Gasteiger charge is -2.09. The van der Waals surface area contributed by atoms with Crippen LogP contribution >= 0.6 is 11.3 Å². The molecule has 0 unspecified atom stereocenters. The minimum absolute atomic E-state index is 0.112. The maximum atomic E-state index is 12.4. The summed E-state index contributed by atoms with van der Waals surface area (Å²) in [6.07, 6.45) is 6.58. The van der Waals surface area contributed by atoms with Gasteiger partial charge in [0.05, 0.1) is 10.7 Å². The zero-order valence-electron chi connectivity index (χ0n) is 17.3. The number of nitrogens with zero attached hydrogens (tertiary/aromatic N) is 1. The zero-order valence-corrected chi connectivity index (χ0v) is 18.1. The maximum Gasteiger partial charge on any atom is 0.323 e. The van der Waals surface area contributed by atoms with Crippen LogP contribution in [-0.4, -0.2) is 23.5 Å². The third-order valence-corrected chi connectivity index (χ3v) is 6.40. The van der Waals surface area contributed by atoms with Gasteiger partial charge < -0.3 is 16.0 Å². The number of aryl methyl sites for hydroxylation is 3. The van der Waals surface area contributed by atoms with E-state index in [0.29, 0.717) is 23.5 Å². The number of hydrogen-bond donors (Lipinski definition) is 3. The summed E-state index contributed by atoms with van der Waals surface area (Å²) in [5.41, 5.74) is 3.20. The molecule has 0 fully saturated rings. The minimum atomic E-state index is -0.327. The Labute approximate surface area is 186 Å². The summed E-state index contributed by atoms with van der Waals surface area (Å²) in [5, 5.41) is 9.67. The number of amides is 3. The smallest absolute Gasteiger partial charge is 0.323 e. The number of thiazole rings is 1. The zero-order chi connectivity index (χ0) is 21.5. The van der Waals surface area contributed by atoms with Crippen LogP contribution in [-0.2, 0) is 19.3 Å². The second kappa shape index (κ2) is 10.2. The van der Waals surface area contributed by atoms with E-state index in [1.807, 2.05) is 41.7 Å². The van der Waals surface area contributed by atoms with Gasteiger partial charge in [-0.15, -0.1) is 11.3 Å². The van der Waals surface area contributed by atoms with E-state index in [1.54, 1.807) is 24.3 Å². The number of urea groups is 1. The molecule has 1 heterocycles. The molecule has 160 valence electrons. The Hall–Kier alpha value is -3.19. The lowest BCUT2D eigenvalue weighted by molar-refractivity contribution is 0.0953. The van der Waals surface area contributed by atoms with E-state index in [0.717, 1.165) is 19.3 Å². The van der Waals surface area contributed by atoms with Gasteiger partial charge in [-0.2, -0.15) is 0 Å². The number of fused-ring (bicyclic) bond motifs is 1. The van der Waals surface area contributed by atoms with Gasteiger partial charge in [-0.05, 0) is 68.5 Å². The van der Waals surface area contributed by atoms with Crippen LogP contribution in [0.3, 0.4) is 0 Å². The predicted molar refractivity (Wildman–Crippen MR) is 125 cm³/mol. The molecule has 0 saturated heterocycles. The molecule has 31 heavy (non-hydrogen) atoms. The Balaban J connectivity index is 1.20. The molecule has 4 rings (SSSR count). The minimum Gasteiger partial charge on any atom is -0.352 e. The van der Waals surface area contributed by atoms with Gasteiger partial charge in [0.1, 0.15) is 0 Å². The highest BCUT2D eigenvalue weighted by atomic mass is 32.1. The van der Waals surface area contributed by atoms with Gasteiger partial charge in [0.2, 0.25) is 0 Å². The molecule has 1 aliphatic rings. The first-order valence-electron chi connectivity index (χ1n) is 10.7. The van der Waals surface area contributed by atoms with E-state index in [9.17, 15) is 9.59 Å². The van der Waals surface area contributed by atoms with Crippen molar-refractivity contribution in [2.75, 3.05) is 17.2 Å². The first-order valence-corrected chi connectivity index (χ1v) is 11.5. The van der Waals surface area contributed by atoms with Crippen LogP contribution in [0, 0.1) is 0 Å². The second-order valence-electron chi connectivity index (χ2n) is 7.57. The van der Waals surface area contributed by atoms with E-state index in [4.69, 9.17) is 4.98 Å². The molecular weight excluding hydrogens is 408 g/mol. The molecule has 0 atom stereocenters. The summed E-state index contributed by atoms with van der Waals surface area (Å²) in [5.74, 6) is -0.112. The highest BCUT2D eigenvalue weighted by molar-refractivity contribution is 7.11.